The molecule has 102 valence electrons. The lowest BCUT2D eigenvalue weighted by molar-refractivity contribution is 0.225. The van der Waals surface area contributed by atoms with E-state index in [1.165, 1.54) is 0 Å². The van der Waals surface area contributed by atoms with Crippen molar-refractivity contribution in [2.75, 3.05) is 18.8 Å². The van der Waals surface area contributed by atoms with Crippen LogP contribution in [0.4, 0.5) is 0 Å². The van der Waals surface area contributed by atoms with Crippen molar-refractivity contribution in [2.24, 2.45) is 17.3 Å². The van der Waals surface area contributed by atoms with Crippen LogP contribution in [0.5, 0.6) is 0 Å². The highest BCUT2D eigenvalue weighted by atomic mass is 32.2. The third-order valence-corrected chi connectivity index (χ3v) is 5.83. The maximum absolute atomic E-state index is 12.2. The first-order chi connectivity index (χ1) is 7.62. The van der Waals surface area contributed by atoms with Gasteiger partial charge in [0.1, 0.15) is 0 Å². The zero-order valence-corrected chi connectivity index (χ0v) is 12.7. The smallest absolute Gasteiger partial charge is 0.212 e. The Morgan fingerprint density at radius 3 is 2.00 bits per heavy atom. The highest BCUT2D eigenvalue weighted by molar-refractivity contribution is 7.89. The first-order valence-electron chi connectivity index (χ1n) is 6.60. The minimum Gasteiger partial charge on any atom is -0.212 e. The molecule has 0 amide bonds. The number of sulfonamides is 1. The lowest BCUT2D eigenvalue weighted by Gasteiger charge is -2.34. The molecule has 0 aromatic heterocycles. The van der Waals surface area contributed by atoms with Gasteiger partial charge in [0.05, 0.1) is 5.75 Å². The molecule has 1 aliphatic heterocycles. The summed E-state index contributed by atoms with van der Waals surface area (Å²) < 4.78 is 26.1. The van der Waals surface area contributed by atoms with E-state index in [0.29, 0.717) is 24.9 Å². The molecular weight excluding hydrogens is 234 g/mol. The molecule has 0 aliphatic carbocycles. The Morgan fingerprint density at radius 1 is 1.18 bits per heavy atom. The van der Waals surface area contributed by atoms with Crippen LogP contribution in [-0.4, -0.2) is 31.6 Å². The predicted molar refractivity (Wildman–Crippen MR) is 72.4 cm³/mol. The second kappa shape index (κ2) is 5.27. The summed E-state index contributed by atoms with van der Waals surface area (Å²) in [7, 11) is -3.06. The van der Waals surface area contributed by atoms with Crippen LogP contribution in [0.3, 0.4) is 0 Å². The van der Waals surface area contributed by atoms with Crippen LogP contribution in [0.1, 0.15) is 47.5 Å². The summed E-state index contributed by atoms with van der Waals surface area (Å²) >= 11 is 0. The van der Waals surface area contributed by atoms with Crippen molar-refractivity contribution in [3.05, 3.63) is 0 Å². The van der Waals surface area contributed by atoms with Gasteiger partial charge in [-0.05, 0) is 30.1 Å². The van der Waals surface area contributed by atoms with Gasteiger partial charge >= 0.3 is 0 Å². The third kappa shape index (κ3) is 4.59. The minimum absolute atomic E-state index is 0.159. The quantitative estimate of drug-likeness (QED) is 0.783. The lowest BCUT2D eigenvalue weighted by atomic mass is 9.87. The number of hydrogen-bond acceptors (Lipinski definition) is 2. The van der Waals surface area contributed by atoms with E-state index in [-0.39, 0.29) is 11.2 Å². The molecular formula is C13H27NO2S. The van der Waals surface area contributed by atoms with Crippen LogP contribution in [0.15, 0.2) is 0 Å². The van der Waals surface area contributed by atoms with Gasteiger partial charge in [-0.3, -0.25) is 0 Å². The van der Waals surface area contributed by atoms with Crippen LogP contribution in [-0.2, 0) is 10.0 Å². The van der Waals surface area contributed by atoms with Gasteiger partial charge in [-0.25, -0.2) is 12.7 Å². The highest BCUT2D eigenvalue weighted by Gasteiger charge is 2.31. The lowest BCUT2D eigenvalue weighted by Crippen LogP contribution is -2.42. The Kier molecular flexibility index (Phi) is 4.64. The van der Waals surface area contributed by atoms with E-state index in [4.69, 9.17) is 0 Å². The Hall–Kier alpha value is -0.0900. The second-order valence-corrected chi connectivity index (χ2v) is 8.77. The van der Waals surface area contributed by atoms with Crippen molar-refractivity contribution in [3.63, 3.8) is 0 Å². The van der Waals surface area contributed by atoms with Gasteiger partial charge in [0.15, 0.2) is 0 Å². The molecule has 1 heterocycles. The van der Waals surface area contributed by atoms with Gasteiger partial charge in [0, 0.05) is 13.1 Å². The van der Waals surface area contributed by atoms with E-state index >= 15 is 0 Å². The maximum Gasteiger partial charge on any atom is 0.214 e. The van der Waals surface area contributed by atoms with Crippen molar-refractivity contribution in [3.8, 4) is 0 Å². The van der Waals surface area contributed by atoms with Gasteiger partial charge in [0.25, 0.3) is 0 Å². The van der Waals surface area contributed by atoms with Crippen LogP contribution in [0.2, 0.25) is 0 Å². The Balaban J connectivity index is 2.59. The molecule has 1 fully saturated rings. The second-order valence-electron chi connectivity index (χ2n) is 6.80. The fourth-order valence-electron chi connectivity index (χ4n) is 2.46. The van der Waals surface area contributed by atoms with Gasteiger partial charge in [0.2, 0.25) is 10.0 Å². The zero-order valence-electron chi connectivity index (χ0n) is 11.9. The molecule has 0 aromatic rings. The maximum atomic E-state index is 12.2. The summed E-state index contributed by atoms with van der Waals surface area (Å²) in [6.45, 7) is 11.8. The topological polar surface area (TPSA) is 37.4 Å². The number of rotatable bonds is 3. The summed E-state index contributed by atoms with van der Waals surface area (Å²) in [5.41, 5.74) is -0.159. The summed E-state index contributed by atoms with van der Waals surface area (Å²) in [6.07, 6.45) is 2.03. The summed E-state index contributed by atoms with van der Waals surface area (Å²) in [5.74, 6) is 1.62. The summed E-state index contributed by atoms with van der Waals surface area (Å²) in [6, 6.07) is 0. The van der Waals surface area contributed by atoms with Crippen molar-refractivity contribution in [1.29, 1.82) is 0 Å². The molecule has 0 unspecified atom stereocenters. The predicted octanol–water partition coefficient (Wildman–Crippen LogP) is 2.73. The first-order valence-corrected chi connectivity index (χ1v) is 8.20. The van der Waals surface area contributed by atoms with Gasteiger partial charge in [-0.1, -0.05) is 34.6 Å². The molecule has 1 rings (SSSR count). The van der Waals surface area contributed by atoms with E-state index in [1.807, 2.05) is 20.8 Å². The van der Waals surface area contributed by atoms with E-state index in [9.17, 15) is 8.42 Å². The van der Waals surface area contributed by atoms with Crippen LogP contribution in [0, 0.1) is 17.3 Å². The van der Waals surface area contributed by atoms with Crippen molar-refractivity contribution >= 4 is 10.0 Å². The molecule has 0 saturated carbocycles. The molecule has 0 spiro atoms. The summed E-state index contributed by atoms with van der Waals surface area (Å²) in [5, 5.41) is 0. The SMILES string of the molecule is CC(C)C1CCN(S(=O)(=O)CC(C)(C)C)CC1. The summed E-state index contributed by atoms with van der Waals surface area (Å²) in [4.78, 5) is 0. The van der Waals surface area contributed by atoms with Gasteiger partial charge in [-0.15, -0.1) is 0 Å². The minimum atomic E-state index is -3.06. The molecule has 0 atom stereocenters. The van der Waals surface area contributed by atoms with E-state index in [1.54, 1.807) is 4.31 Å². The molecule has 0 radical (unpaired) electrons. The first kappa shape index (κ1) is 15.0. The van der Waals surface area contributed by atoms with Crippen molar-refractivity contribution in [2.45, 2.75) is 47.5 Å². The number of piperidine rings is 1. The van der Waals surface area contributed by atoms with E-state index < -0.39 is 10.0 Å². The van der Waals surface area contributed by atoms with E-state index in [0.717, 1.165) is 12.8 Å². The zero-order chi connectivity index (χ0) is 13.3. The largest absolute Gasteiger partial charge is 0.214 e. The molecule has 1 saturated heterocycles. The Morgan fingerprint density at radius 2 is 1.65 bits per heavy atom. The van der Waals surface area contributed by atoms with Crippen LogP contribution < -0.4 is 0 Å². The fourth-order valence-corrected chi connectivity index (χ4v) is 4.50. The molecule has 4 heteroatoms. The molecule has 0 N–H and O–H groups in total. The highest BCUT2D eigenvalue weighted by Crippen LogP contribution is 2.27. The third-order valence-electron chi connectivity index (χ3n) is 3.45. The number of hydrogen-bond donors (Lipinski definition) is 0. The van der Waals surface area contributed by atoms with Crippen molar-refractivity contribution in [1.82, 2.24) is 4.31 Å². The fraction of sp³-hybridized carbons (Fsp3) is 1.00. The van der Waals surface area contributed by atoms with Gasteiger partial charge < -0.3 is 0 Å². The molecule has 17 heavy (non-hydrogen) atoms. The van der Waals surface area contributed by atoms with Gasteiger partial charge in [-0.2, -0.15) is 0 Å². The molecule has 1 aliphatic rings. The molecule has 3 nitrogen and oxygen atoms in total. The van der Waals surface area contributed by atoms with Crippen LogP contribution in [0.25, 0.3) is 0 Å². The monoisotopic (exact) mass is 261 g/mol. The Labute approximate surface area is 107 Å². The Bertz CT molecular complexity index is 333. The average Bonchev–Trinajstić information content (AvgIpc) is 2.14. The standard InChI is InChI=1S/C13H27NO2S/c1-11(2)12-6-8-14(9-7-12)17(15,16)10-13(3,4)5/h11-12H,6-10H2,1-5H3. The normalized spacial score (nSPS) is 21.1. The average molecular weight is 261 g/mol. The van der Waals surface area contributed by atoms with Crippen LogP contribution >= 0.6 is 0 Å². The van der Waals surface area contributed by atoms with E-state index in [2.05, 4.69) is 13.8 Å². The number of nitrogens with zero attached hydrogens (tertiary/aromatic N) is 1. The molecule has 0 bridgehead atoms. The molecule has 0 aromatic carbocycles. The van der Waals surface area contributed by atoms with Crippen molar-refractivity contribution < 1.29 is 8.42 Å².